The second-order valence-corrected chi connectivity index (χ2v) is 9.12. The Morgan fingerprint density at radius 2 is 2.18 bits per heavy atom. The van der Waals surface area contributed by atoms with E-state index < -0.39 is 0 Å². The van der Waals surface area contributed by atoms with Crippen LogP contribution in [0.3, 0.4) is 0 Å². The normalized spacial score (nSPS) is 15.1. The van der Waals surface area contributed by atoms with E-state index in [4.69, 9.17) is 9.47 Å². The molecule has 2 aromatic heterocycles. The summed E-state index contributed by atoms with van der Waals surface area (Å²) in [5, 5.41) is 3.78. The Kier molecular flexibility index (Phi) is 6.07. The fourth-order valence-corrected chi connectivity index (χ4v) is 4.73. The van der Waals surface area contributed by atoms with E-state index in [9.17, 15) is 4.79 Å². The minimum atomic E-state index is -0.239. The summed E-state index contributed by atoms with van der Waals surface area (Å²) in [6, 6.07) is 6.10. The molecule has 1 fully saturated rings. The van der Waals surface area contributed by atoms with Crippen LogP contribution < -0.4 is 4.74 Å². The molecule has 0 unspecified atom stereocenters. The van der Waals surface area contributed by atoms with Crippen LogP contribution in [0.5, 0.6) is 5.75 Å². The Morgan fingerprint density at radius 1 is 1.32 bits per heavy atom. The number of benzene rings is 1. The van der Waals surface area contributed by atoms with E-state index in [1.807, 2.05) is 24.4 Å². The van der Waals surface area contributed by atoms with Crippen molar-refractivity contribution in [2.24, 2.45) is 5.92 Å². The molecule has 0 spiro atoms. The second kappa shape index (κ2) is 8.87. The number of nitrogens with zero attached hydrogens (tertiary/aromatic N) is 3. The maximum Gasteiger partial charge on any atom is 0.410 e. The zero-order chi connectivity index (χ0) is 19.3. The number of hydrogen-bond donors (Lipinski definition) is 0. The van der Waals surface area contributed by atoms with Gasteiger partial charge in [0.05, 0.1) is 21.8 Å². The maximum absolute atomic E-state index is 12.2. The molecule has 4 rings (SSSR count). The Labute approximate surface area is 172 Å². The van der Waals surface area contributed by atoms with Gasteiger partial charge in [-0.2, -0.15) is 0 Å². The topological polar surface area (TPSA) is 64.5 Å². The number of aromatic nitrogens is 2. The van der Waals surface area contributed by atoms with Crippen molar-refractivity contribution in [1.82, 2.24) is 14.9 Å². The molecule has 1 saturated heterocycles. The molecule has 1 aromatic carbocycles. The first kappa shape index (κ1) is 19.1. The third kappa shape index (κ3) is 4.80. The lowest BCUT2D eigenvalue weighted by Gasteiger charge is -2.31. The highest BCUT2D eigenvalue weighted by atomic mass is 32.1. The van der Waals surface area contributed by atoms with Crippen LogP contribution in [0.15, 0.2) is 29.8 Å². The van der Waals surface area contributed by atoms with Crippen LogP contribution >= 0.6 is 22.7 Å². The van der Waals surface area contributed by atoms with Gasteiger partial charge >= 0.3 is 6.09 Å². The molecule has 0 aliphatic carbocycles. The Bertz CT molecular complexity index is 918. The highest BCUT2D eigenvalue weighted by Crippen LogP contribution is 2.26. The van der Waals surface area contributed by atoms with E-state index in [2.05, 4.69) is 16.0 Å². The maximum atomic E-state index is 12.2. The molecule has 0 bridgehead atoms. The smallest absolute Gasteiger partial charge is 0.410 e. The third-order valence-corrected chi connectivity index (χ3v) is 6.64. The number of piperidine rings is 1. The Morgan fingerprint density at radius 3 is 2.96 bits per heavy atom. The predicted octanol–water partition coefficient (Wildman–Crippen LogP) is 4.88. The summed E-state index contributed by atoms with van der Waals surface area (Å²) in [4.78, 5) is 22.6. The van der Waals surface area contributed by atoms with Crippen LogP contribution in [0.1, 0.15) is 29.3 Å². The van der Waals surface area contributed by atoms with Crippen LogP contribution in [0.25, 0.3) is 10.2 Å². The molecule has 1 aliphatic heterocycles. The van der Waals surface area contributed by atoms with Crippen LogP contribution in [-0.4, -0.2) is 40.7 Å². The van der Waals surface area contributed by atoms with Gasteiger partial charge in [-0.15, -0.1) is 22.7 Å². The number of carbonyl (C=O) groups excluding carboxylic acids is 1. The van der Waals surface area contributed by atoms with Gasteiger partial charge in [-0.25, -0.2) is 14.8 Å². The summed E-state index contributed by atoms with van der Waals surface area (Å²) in [7, 11) is 0. The number of rotatable bonds is 6. The molecule has 148 valence electrons. The molecular weight excluding hydrogens is 394 g/mol. The van der Waals surface area contributed by atoms with E-state index >= 15 is 0 Å². The molecule has 0 radical (unpaired) electrons. The average Bonchev–Trinajstić information content (AvgIpc) is 3.35. The van der Waals surface area contributed by atoms with Crippen molar-refractivity contribution in [1.29, 1.82) is 0 Å². The molecule has 0 saturated carbocycles. The number of hydrogen-bond acceptors (Lipinski definition) is 7. The number of ether oxygens (including phenoxy) is 2. The van der Waals surface area contributed by atoms with Gasteiger partial charge in [0.15, 0.2) is 0 Å². The van der Waals surface area contributed by atoms with Crippen molar-refractivity contribution >= 4 is 39.0 Å². The molecule has 28 heavy (non-hydrogen) atoms. The van der Waals surface area contributed by atoms with Gasteiger partial charge in [-0.05, 0) is 44.2 Å². The lowest BCUT2D eigenvalue weighted by Crippen LogP contribution is -2.39. The summed E-state index contributed by atoms with van der Waals surface area (Å²) >= 11 is 3.20. The third-order valence-electron chi connectivity index (χ3n) is 4.94. The first-order chi connectivity index (χ1) is 13.7. The first-order valence-corrected chi connectivity index (χ1v) is 11.2. The lowest BCUT2D eigenvalue weighted by atomic mass is 9.94. The standard InChI is InChI=1S/C20H23N3O3S2/c1-14-22-17-12-16(2-3-18(17)28-14)25-10-6-15-4-8-23(9-5-15)20(24)26-13-19-21-7-11-27-19/h2-3,7,11-12,15H,4-6,8-10,13H2,1H3. The fraction of sp³-hybridized carbons (Fsp3) is 0.450. The van der Waals surface area contributed by atoms with Crippen molar-refractivity contribution in [3.8, 4) is 5.75 Å². The molecule has 3 heterocycles. The van der Waals surface area contributed by atoms with E-state index in [0.717, 1.165) is 53.6 Å². The molecule has 1 amide bonds. The van der Waals surface area contributed by atoms with Crippen molar-refractivity contribution in [3.63, 3.8) is 0 Å². The van der Waals surface area contributed by atoms with E-state index in [1.165, 1.54) is 16.0 Å². The van der Waals surface area contributed by atoms with E-state index in [-0.39, 0.29) is 12.7 Å². The van der Waals surface area contributed by atoms with E-state index in [1.54, 1.807) is 22.4 Å². The van der Waals surface area contributed by atoms with Gasteiger partial charge in [0.2, 0.25) is 0 Å². The predicted molar refractivity (Wildman–Crippen MR) is 111 cm³/mol. The molecule has 1 aliphatic rings. The van der Waals surface area contributed by atoms with Crippen molar-refractivity contribution < 1.29 is 14.3 Å². The monoisotopic (exact) mass is 417 g/mol. The minimum Gasteiger partial charge on any atom is -0.494 e. The molecule has 3 aromatic rings. The minimum absolute atomic E-state index is 0.239. The van der Waals surface area contributed by atoms with Crippen LogP contribution in [-0.2, 0) is 11.3 Å². The quantitative estimate of drug-likeness (QED) is 0.572. The highest BCUT2D eigenvalue weighted by Gasteiger charge is 2.24. The number of amides is 1. The number of carbonyl (C=O) groups is 1. The molecule has 0 N–H and O–H groups in total. The number of likely N-dealkylation sites (tertiary alicyclic amines) is 1. The zero-order valence-electron chi connectivity index (χ0n) is 15.8. The number of fused-ring (bicyclic) bond motifs is 1. The summed E-state index contributed by atoms with van der Waals surface area (Å²) in [6.45, 7) is 4.45. The van der Waals surface area contributed by atoms with Crippen molar-refractivity contribution in [2.75, 3.05) is 19.7 Å². The van der Waals surface area contributed by atoms with Gasteiger partial charge in [-0.3, -0.25) is 0 Å². The summed E-state index contributed by atoms with van der Waals surface area (Å²) in [5.74, 6) is 1.45. The van der Waals surface area contributed by atoms with Gasteiger partial charge in [0.25, 0.3) is 0 Å². The summed E-state index contributed by atoms with van der Waals surface area (Å²) < 4.78 is 12.5. The van der Waals surface area contributed by atoms with E-state index in [0.29, 0.717) is 12.5 Å². The summed E-state index contributed by atoms with van der Waals surface area (Å²) in [6.07, 6.45) is 4.45. The van der Waals surface area contributed by atoms with Crippen LogP contribution in [0.2, 0.25) is 0 Å². The Balaban J connectivity index is 1.17. The lowest BCUT2D eigenvalue weighted by molar-refractivity contribution is 0.0799. The molecule has 0 atom stereocenters. The van der Waals surface area contributed by atoms with Crippen molar-refractivity contribution in [2.45, 2.75) is 32.8 Å². The SMILES string of the molecule is Cc1nc2cc(OCCC3CCN(C(=O)OCc4nccs4)CC3)ccc2s1. The first-order valence-electron chi connectivity index (χ1n) is 9.47. The van der Waals surface area contributed by atoms with Gasteiger partial charge in [0.1, 0.15) is 17.4 Å². The zero-order valence-corrected chi connectivity index (χ0v) is 17.4. The van der Waals surface area contributed by atoms with Crippen LogP contribution in [0, 0.1) is 12.8 Å². The second-order valence-electron chi connectivity index (χ2n) is 6.91. The highest BCUT2D eigenvalue weighted by molar-refractivity contribution is 7.18. The molecule has 6 nitrogen and oxygen atoms in total. The van der Waals surface area contributed by atoms with Crippen LogP contribution in [0.4, 0.5) is 4.79 Å². The Hall–Kier alpha value is -2.19. The number of aryl methyl sites for hydroxylation is 1. The largest absolute Gasteiger partial charge is 0.494 e. The summed E-state index contributed by atoms with van der Waals surface area (Å²) in [5.41, 5.74) is 1.00. The van der Waals surface area contributed by atoms with Gasteiger partial charge in [-0.1, -0.05) is 0 Å². The molecular formula is C20H23N3O3S2. The van der Waals surface area contributed by atoms with Gasteiger partial charge in [0, 0.05) is 30.7 Å². The van der Waals surface area contributed by atoms with Gasteiger partial charge < -0.3 is 14.4 Å². The fourth-order valence-electron chi connectivity index (χ4n) is 3.40. The van der Waals surface area contributed by atoms with Crippen molar-refractivity contribution in [3.05, 3.63) is 39.8 Å². The molecule has 8 heteroatoms. The number of thiazole rings is 2. The average molecular weight is 418 g/mol.